The molecule has 1 atom stereocenters. The Morgan fingerprint density at radius 2 is 0.857 bits per heavy atom. The van der Waals surface area contributed by atoms with Gasteiger partial charge in [0.25, 0.3) is 0 Å². The molecule has 0 bridgehead atoms. The average Bonchev–Trinajstić information content (AvgIpc) is 3.10. The number of rotatable bonds is 40. The number of amides is 1. The molecule has 4 heteroatoms. The van der Waals surface area contributed by atoms with Gasteiger partial charge in [-0.25, -0.2) is 0 Å². The van der Waals surface area contributed by atoms with Gasteiger partial charge in [-0.2, -0.15) is 0 Å². The van der Waals surface area contributed by atoms with Crippen LogP contribution in [0.3, 0.4) is 0 Å². The van der Waals surface area contributed by atoms with E-state index in [1.807, 2.05) is 7.05 Å². The maximum atomic E-state index is 13.6. The Morgan fingerprint density at radius 3 is 1.33 bits per heavy atom. The van der Waals surface area contributed by atoms with Gasteiger partial charge in [-0.05, 0) is 51.6 Å². The molecule has 0 aromatic heterocycles. The molecule has 0 spiro atoms. The number of hydrogen-bond acceptors (Lipinski definition) is 3. The minimum atomic E-state index is 0.408. The van der Waals surface area contributed by atoms with E-state index in [0.29, 0.717) is 23.7 Å². The topological polar surface area (TPSA) is 49.4 Å². The van der Waals surface area contributed by atoms with Crippen LogP contribution in [-0.2, 0) is 9.59 Å². The standard InChI is InChI=1S/C45H90N2O2/c1-6-10-14-18-19-23-28-35-43(47(40-32-39-46-5)45(49)38-31-22-15-11-7-2)36-29-24-20-21-25-30-37-44(48)41-42(33-26-16-12-8-3)34-27-17-13-9-4/h42-43,46H,6-41H2,1-5H3. The number of hydrogen-bond donors (Lipinski definition) is 1. The van der Waals surface area contributed by atoms with Gasteiger partial charge in [0, 0.05) is 31.8 Å². The minimum absolute atomic E-state index is 0.408. The predicted octanol–water partition coefficient (Wildman–Crippen LogP) is 13.9. The molecule has 292 valence electrons. The van der Waals surface area contributed by atoms with Crippen molar-refractivity contribution in [3.05, 3.63) is 0 Å². The number of carbonyl (C=O) groups is 2. The van der Waals surface area contributed by atoms with E-state index in [1.54, 1.807) is 0 Å². The molecule has 0 radical (unpaired) electrons. The number of nitrogens with zero attached hydrogens (tertiary/aromatic N) is 1. The molecule has 0 heterocycles. The van der Waals surface area contributed by atoms with E-state index in [2.05, 4.69) is 37.9 Å². The van der Waals surface area contributed by atoms with Crippen molar-refractivity contribution < 1.29 is 9.59 Å². The molecule has 1 N–H and O–H groups in total. The molecule has 0 fully saturated rings. The summed E-state index contributed by atoms with van der Waals surface area (Å²) in [5, 5.41) is 3.30. The number of nitrogens with one attached hydrogen (secondary N) is 1. The summed E-state index contributed by atoms with van der Waals surface area (Å²) >= 11 is 0. The Hall–Kier alpha value is -0.900. The molecule has 0 aliphatic carbocycles. The first-order valence-electron chi connectivity index (χ1n) is 22.5. The van der Waals surface area contributed by atoms with E-state index in [0.717, 1.165) is 58.0 Å². The zero-order valence-corrected chi connectivity index (χ0v) is 34.4. The molecule has 0 aliphatic rings. The van der Waals surface area contributed by atoms with Gasteiger partial charge in [-0.1, -0.05) is 195 Å². The fourth-order valence-electron chi connectivity index (χ4n) is 7.65. The smallest absolute Gasteiger partial charge is 0.222 e. The number of Topliss-reactive ketones (excluding diaryl/α,β-unsaturated/α-hetero) is 1. The molecule has 0 saturated carbocycles. The maximum absolute atomic E-state index is 13.6. The highest BCUT2D eigenvalue weighted by Gasteiger charge is 2.22. The third-order valence-electron chi connectivity index (χ3n) is 10.9. The quantitative estimate of drug-likeness (QED) is 0.0651. The zero-order valence-electron chi connectivity index (χ0n) is 34.4. The second-order valence-corrected chi connectivity index (χ2v) is 15.7. The number of unbranched alkanes of at least 4 members (excludes halogenated alkanes) is 21. The molecule has 1 unspecified atom stereocenters. The molecule has 0 saturated heterocycles. The largest absolute Gasteiger partial charge is 0.340 e. The molecule has 0 rings (SSSR count). The van der Waals surface area contributed by atoms with Gasteiger partial charge in [0.05, 0.1) is 0 Å². The monoisotopic (exact) mass is 691 g/mol. The van der Waals surface area contributed by atoms with Crippen LogP contribution in [0.5, 0.6) is 0 Å². The summed E-state index contributed by atoms with van der Waals surface area (Å²) in [6, 6.07) is 0.408. The molecule has 0 aliphatic heterocycles. The summed E-state index contributed by atoms with van der Waals surface area (Å²) in [6.07, 6.45) is 41.4. The highest BCUT2D eigenvalue weighted by atomic mass is 16.2. The van der Waals surface area contributed by atoms with Crippen LogP contribution in [0, 0.1) is 5.92 Å². The molecule has 0 aromatic carbocycles. The van der Waals surface area contributed by atoms with E-state index in [1.165, 1.54) is 173 Å². The van der Waals surface area contributed by atoms with Crippen molar-refractivity contribution >= 4 is 11.7 Å². The number of ketones is 1. The van der Waals surface area contributed by atoms with Gasteiger partial charge < -0.3 is 10.2 Å². The molecule has 49 heavy (non-hydrogen) atoms. The molecule has 1 amide bonds. The van der Waals surface area contributed by atoms with Gasteiger partial charge in [0.2, 0.25) is 5.91 Å². The van der Waals surface area contributed by atoms with Gasteiger partial charge in [0.15, 0.2) is 0 Å². The van der Waals surface area contributed by atoms with Gasteiger partial charge >= 0.3 is 0 Å². The number of carbonyl (C=O) groups excluding carboxylic acids is 2. The van der Waals surface area contributed by atoms with E-state index < -0.39 is 0 Å². The SMILES string of the molecule is CCCCCCCCCC(CCCCCCCCC(=O)CC(CCCCCC)CCCCCC)N(CCCNC)C(=O)CCCCCCC. The van der Waals surface area contributed by atoms with Crippen LogP contribution in [0.1, 0.15) is 246 Å². The van der Waals surface area contributed by atoms with E-state index in [-0.39, 0.29) is 0 Å². The van der Waals surface area contributed by atoms with E-state index in [4.69, 9.17) is 0 Å². The molecular weight excluding hydrogens is 601 g/mol. The third-order valence-corrected chi connectivity index (χ3v) is 10.9. The van der Waals surface area contributed by atoms with Crippen LogP contribution in [-0.4, -0.2) is 42.8 Å². The Kier molecular flexibility index (Phi) is 37.6. The van der Waals surface area contributed by atoms with Crippen molar-refractivity contribution in [2.45, 2.75) is 252 Å². The van der Waals surface area contributed by atoms with Crippen molar-refractivity contribution in [1.82, 2.24) is 10.2 Å². The molecular formula is C45H90N2O2. The Morgan fingerprint density at radius 1 is 0.469 bits per heavy atom. The van der Waals surface area contributed by atoms with Crippen LogP contribution in [0.25, 0.3) is 0 Å². The summed E-state index contributed by atoms with van der Waals surface area (Å²) in [5.41, 5.74) is 0. The fraction of sp³-hybridized carbons (Fsp3) is 0.956. The normalized spacial score (nSPS) is 12.2. The van der Waals surface area contributed by atoms with Crippen molar-refractivity contribution in [2.75, 3.05) is 20.1 Å². The van der Waals surface area contributed by atoms with Crippen LogP contribution in [0.4, 0.5) is 0 Å². The van der Waals surface area contributed by atoms with Crippen molar-refractivity contribution in [1.29, 1.82) is 0 Å². The summed E-state index contributed by atoms with van der Waals surface area (Å²) in [4.78, 5) is 28.8. The third kappa shape index (κ3) is 31.6. The molecule has 4 nitrogen and oxygen atoms in total. The van der Waals surface area contributed by atoms with Crippen molar-refractivity contribution in [3.8, 4) is 0 Å². The summed E-state index contributed by atoms with van der Waals surface area (Å²) < 4.78 is 0. The maximum Gasteiger partial charge on any atom is 0.222 e. The second-order valence-electron chi connectivity index (χ2n) is 15.7. The van der Waals surface area contributed by atoms with Crippen molar-refractivity contribution in [2.24, 2.45) is 5.92 Å². The van der Waals surface area contributed by atoms with E-state index in [9.17, 15) is 9.59 Å². The first-order valence-corrected chi connectivity index (χ1v) is 22.5. The summed E-state index contributed by atoms with van der Waals surface area (Å²) in [7, 11) is 2.02. The lowest BCUT2D eigenvalue weighted by molar-refractivity contribution is -0.134. The Labute approximate surface area is 308 Å². The van der Waals surface area contributed by atoms with E-state index >= 15 is 0 Å². The van der Waals surface area contributed by atoms with Crippen molar-refractivity contribution in [3.63, 3.8) is 0 Å². The van der Waals surface area contributed by atoms with Gasteiger partial charge in [-0.15, -0.1) is 0 Å². The van der Waals surface area contributed by atoms with Gasteiger partial charge in [0.1, 0.15) is 5.78 Å². The van der Waals surface area contributed by atoms with Crippen LogP contribution >= 0.6 is 0 Å². The first kappa shape index (κ1) is 48.1. The highest BCUT2D eigenvalue weighted by molar-refractivity contribution is 5.78. The predicted molar refractivity (Wildman–Crippen MR) is 218 cm³/mol. The van der Waals surface area contributed by atoms with Crippen LogP contribution in [0.15, 0.2) is 0 Å². The Bertz CT molecular complexity index is 684. The lowest BCUT2D eigenvalue weighted by Gasteiger charge is -2.33. The Balaban J connectivity index is 4.74. The first-order chi connectivity index (χ1) is 24.0. The second kappa shape index (κ2) is 38.3. The van der Waals surface area contributed by atoms with Crippen LogP contribution < -0.4 is 5.32 Å². The average molecular weight is 691 g/mol. The van der Waals surface area contributed by atoms with Gasteiger partial charge in [-0.3, -0.25) is 9.59 Å². The van der Waals surface area contributed by atoms with Crippen LogP contribution in [0.2, 0.25) is 0 Å². The fourth-order valence-corrected chi connectivity index (χ4v) is 7.65. The lowest BCUT2D eigenvalue weighted by atomic mass is 9.89. The minimum Gasteiger partial charge on any atom is -0.340 e. The highest BCUT2D eigenvalue weighted by Crippen LogP contribution is 2.24. The molecule has 0 aromatic rings. The summed E-state index contributed by atoms with van der Waals surface area (Å²) in [5.74, 6) is 1.56. The zero-order chi connectivity index (χ0) is 36.0. The summed E-state index contributed by atoms with van der Waals surface area (Å²) in [6.45, 7) is 11.0. The lowest BCUT2D eigenvalue weighted by Crippen LogP contribution is -2.41.